The number of hydrogen-bond acceptors (Lipinski definition) is 3. The molecule has 1 heterocycles. The van der Waals surface area contributed by atoms with Gasteiger partial charge in [0, 0.05) is 25.2 Å². The van der Waals surface area contributed by atoms with E-state index in [2.05, 4.69) is 21.7 Å². The molecule has 4 rings (SSSR count). The van der Waals surface area contributed by atoms with Gasteiger partial charge < -0.3 is 5.73 Å². The molecule has 2 N–H and O–H groups in total. The van der Waals surface area contributed by atoms with E-state index in [0.29, 0.717) is 6.04 Å². The molecule has 104 valence electrons. The fourth-order valence-corrected chi connectivity index (χ4v) is 5.06. The minimum absolute atomic E-state index is 0.488. The molecule has 3 fully saturated rings. The number of fused-ring (bicyclic) bond motifs is 2. The van der Waals surface area contributed by atoms with Gasteiger partial charge in [0.1, 0.15) is 0 Å². The van der Waals surface area contributed by atoms with Gasteiger partial charge in [-0.15, -0.1) is 0 Å². The summed E-state index contributed by atoms with van der Waals surface area (Å²) in [5, 5.41) is 4.50. The molecule has 3 aliphatic carbocycles. The van der Waals surface area contributed by atoms with Gasteiger partial charge in [0.15, 0.2) is 0 Å². The van der Waals surface area contributed by atoms with Gasteiger partial charge >= 0.3 is 0 Å². The highest BCUT2D eigenvalue weighted by Gasteiger charge is 2.47. The molecule has 3 aliphatic rings. The number of thiophene rings is 1. The van der Waals surface area contributed by atoms with Gasteiger partial charge in [0.05, 0.1) is 0 Å². The lowest BCUT2D eigenvalue weighted by Gasteiger charge is -2.33. The number of nitrogens with zero attached hydrogens (tertiary/aromatic N) is 1. The lowest BCUT2D eigenvalue weighted by atomic mass is 9.84. The Balaban J connectivity index is 1.44. The van der Waals surface area contributed by atoms with E-state index in [0.717, 1.165) is 30.3 Å². The van der Waals surface area contributed by atoms with Crippen molar-refractivity contribution in [3.05, 3.63) is 22.4 Å². The maximum Gasteiger partial charge on any atom is 0.0245 e. The van der Waals surface area contributed by atoms with Gasteiger partial charge in [-0.25, -0.2) is 0 Å². The van der Waals surface area contributed by atoms with Crippen molar-refractivity contribution < 1.29 is 0 Å². The van der Waals surface area contributed by atoms with Gasteiger partial charge in [-0.1, -0.05) is 0 Å². The molecule has 0 saturated heterocycles. The van der Waals surface area contributed by atoms with E-state index in [-0.39, 0.29) is 0 Å². The minimum atomic E-state index is 0.488. The smallest absolute Gasteiger partial charge is 0.0245 e. The highest BCUT2D eigenvalue weighted by molar-refractivity contribution is 7.07. The first-order valence-electron chi connectivity index (χ1n) is 7.82. The fourth-order valence-electron chi connectivity index (χ4n) is 4.40. The zero-order valence-electron chi connectivity index (χ0n) is 11.5. The highest BCUT2D eigenvalue weighted by Crippen LogP contribution is 2.48. The Kier molecular flexibility index (Phi) is 3.17. The van der Waals surface area contributed by atoms with E-state index < -0.39 is 0 Å². The molecule has 0 spiro atoms. The van der Waals surface area contributed by atoms with Crippen molar-refractivity contribution in [2.24, 2.45) is 23.5 Å². The van der Waals surface area contributed by atoms with E-state index in [4.69, 9.17) is 5.73 Å². The van der Waals surface area contributed by atoms with Crippen molar-refractivity contribution in [3.63, 3.8) is 0 Å². The second-order valence-electron chi connectivity index (χ2n) is 6.87. The number of rotatable bonds is 5. The summed E-state index contributed by atoms with van der Waals surface area (Å²) in [5.41, 5.74) is 7.98. The van der Waals surface area contributed by atoms with Crippen molar-refractivity contribution in [2.75, 3.05) is 6.54 Å². The van der Waals surface area contributed by atoms with Gasteiger partial charge in [-0.2, -0.15) is 11.3 Å². The summed E-state index contributed by atoms with van der Waals surface area (Å²) in [4.78, 5) is 2.73. The summed E-state index contributed by atoms with van der Waals surface area (Å²) in [6.45, 7) is 2.40. The predicted octanol–water partition coefficient (Wildman–Crippen LogP) is 3.09. The van der Waals surface area contributed by atoms with Gasteiger partial charge in [-0.3, -0.25) is 4.90 Å². The molecule has 0 radical (unpaired) electrons. The third kappa shape index (κ3) is 2.37. The fraction of sp³-hybridized carbons (Fsp3) is 0.750. The number of nitrogens with two attached hydrogens (primary N) is 1. The normalized spacial score (nSPS) is 37.4. The number of hydrogen-bond donors (Lipinski definition) is 1. The maximum absolute atomic E-state index is 6.48. The molecule has 1 aromatic heterocycles. The van der Waals surface area contributed by atoms with E-state index in [1.165, 1.54) is 44.2 Å². The Morgan fingerprint density at radius 3 is 2.68 bits per heavy atom. The van der Waals surface area contributed by atoms with Gasteiger partial charge in [-0.05, 0) is 72.2 Å². The second-order valence-corrected chi connectivity index (χ2v) is 7.65. The SMILES string of the molecule is NC1C2CCC(C2)C1CN(Cc1ccsc1)C1CC1. The largest absolute Gasteiger partial charge is 0.327 e. The Morgan fingerprint density at radius 2 is 2.05 bits per heavy atom. The zero-order chi connectivity index (χ0) is 12.8. The van der Waals surface area contributed by atoms with Crippen LogP contribution in [0.15, 0.2) is 16.8 Å². The monoisotopic (exact) mass is 276 g/mol. The van der Waals surface area contributed by atoms with E-state index in [9.17, 15) is 0 Å². The lowest BCUT2D eigenvalue weighted by Crippen LogP contribution is -2.43. The minimum Gasteiger partial charge on any atom is -0.327 e. The molecular formula is C16H24N2S. The third-order valence-electron chi connectivity index (χ3n) is 5.63. The maximum atomic E-state index is 6.48. The van der Waals surface area contributed by atoms with Crippen LogP contribution >= 0.6 is 11.3 Å². The van der Waals surface area contributed by atoms with Crippen LogP contribution < -0.4 is 5.73 Å². The first-order valence-corrected chi connectivity index (χ1v) is 8.76. The van der Waals surface area contributed by atoms with Crippen LogP contribution in [-0.2, 0) is 6.54 Å². The van der Waals surface area contributed by atoms with Gasteiger partial charge in [0.25, 0.3) is 0 Å². The molecule has 1 aromatic rings. The van der Waals surface area contributed by atoms with Gasteiger partial charge in [0.2, 0.25) is 0 Å². The first kappa shape index (κ1) is 12.4. The lowest BCUT2D eigenvalue weighted by molar-refractivity contribution is 0.161. The van der Waals surface area contributed by atoms with E-state index in [1.54, 1.807) is 0 Å². The highest BCUT2D eigenvalue weighted by atomic mass is 32.1. The zero-order valence-corrected chi connectivity index (χ0v) is 12.3. The molecule has 2 bridgehead atoms. The van der Waals surface area contributed by atoms with Crippen LogP contribution in [-0.4, -0.2) is 23.5 Å². The van der Waals surface area contributed by atoms with Crippen molar-refractivity contribution in [1.29, 1.82) is 0 Å². The summed E-state index contributed by atoms with van der Waals surface area (Å²) in [5.74, 6) is 2.55. The molecular weight excluding hydrogens is 252 g/mol. The molecule has 2 nitrogen and oxygen atoms in total. The van der Waals surface area contributed by atoms with E-state index >= 15 is 0 Å². The molecule has 0 aliphatic heterocycles. The summed E-state index contributed by atoms with van der Waals surface area (Å²) in [6, 6.07) is 3.62. The Morgan fingerprint density at radius 1 is 1.21 bits per heavy atom. The van der Waals surface area contributed by atoms with Crippen molar-refractivity contribution >= 4 is 11.3 Å². The van der Waals surface area contributed by atoms with Crippen molar-refractivity contribution in [3.8, 4) is 0 Å². The predicted molar refractivity (Wildman–Crippen MR) is 80.0 cm³/mol. The first-order chi connectivity index (χ1) is 9.31. The molecule has 4 unspecified atom stereocenters. The standard InChI is InChI=1S/C16H24N2S/c17-16-13-2-1-12(7-13)15(16)9-18(14-3-4-14)8-11-5-6-19-10-11/h5-6,10,12-16H,1-4,7-9,17H2. The molecule has 19 heavy (non-hydrogen) atoms. The summed E-state index contributed by atoms with van der Waals surface area (Å²) in [6.07, 6.45) is 7.07. The molecule has 3 heteroatoms. The molecule has 3 saturated carbocycles. The summed E-state index contributed by atoms with van der Waals surface area (Å²) < 4.78 is 0. The van der Waals surface area contributed by atoms with Crippen LogP contribution in [0.2, 0.25) is 0 Å². The van der Waals surface area contributed by atoms with Crippen LogP contribution in [0.1, 0.15) is 37.7 Å². The molecule has 0 aromatic carbocycles. The van der Waals surface area contributed by atoms with Crippen LogP contribution in [0.4, 0.5) is 0 Å². The Labute approximate surface area is 120 Å². The van der Waals surface area contributed by atoms with E-state index in [1.807, 2.05) is 11.3 Å². The van der Waals surface area contributed by atoms with Crippen LogP contribution in [0.5, 0.6) is 0 Å². The summed E-state index contributed by atoms with van der Waals surface area (Å²) in [7, 11) is 0. The Bertz CT molecular complexity index is 424. The topological polar surface area (TPSA) is 29.3 Å². The summed E-state index contributed by atoms with van der Waals surface area (Å²) >= 11 is 1.82. The molecule has 0 amide bonds. The van der Waals surface area contributed by atoms with Crippen LogP contribution in [0.3, 0.4) is 0 Å². The third-order valence-corrected chi connectivity index (χ3v) is 6.36. The van der Waals surface area contributed by atoms with Crippen molar-refractivity contribution in [1.82, 2.24) is 4.90 Å². The van der Waals surface area contributed by atoms with Crippen LogP contribution in [0, 0.1) is 17.8 Å². The van der Waals surface area contributed by atoms with Crippen LogP contribution in [0.25, 0.3) is 0 Å². The molecule has 4 atom stereocenters. The average Bonchev–Trinajstić information content (AvgIpc) is 2.86. The average molecular weight is 276 g/mol. The second kappa shape index (κ2) is 4.87. The van der Waals surface area contributed by atoms with Crippen molar-refractivity contribution in [2.45, 2.75) is 50.7 Å². The quantitative estimate of drug-likeness (QED) is 0.895. The Hall–Kier alpha value is -0.380.